The number of oxime groups is 1. The van der Waals surface area contributed by atoms with E-state index in [0.29, 0.717) is 19.4 Å². The molecule has 0 spiro atoms. The van der Waals surface area contributed by atoms with Crippen molar-refractivity contribution >= 4 is 11.7 Å². The van der Waals surface area contributed by atoms with Gasteiger partial charge in [0.2, 0.25) is 5.91 Å². The Bertz CT molecular complexity index is 442. The van der Waals surface area contributed by atoms with Gasteiger partial charge in [-0.15, -0.1) is 0 Å². The zero-order valence-corrected chi connectivity index (χ0v) is 10.8. The molecule has 0 radical (unpaired) electrons. The Morgan fingerprint density at radius 1 is 1.63 bits per heavy atom. The number of carbonyl (C=O) groups excluding carboxylic acids is 1. The van der Waals surface area contributed by atoms with Gasteiger partial charge in [-0.3, -0.25) is 4.79 Å². The highest BCUT2D eigenvalue weighted by Crippen LogP contribution is 2.18. The minimum absolute atomic E-state index is 0.0358. The predicted molar refractivity (Wildman–Crippen MR) is 69.7 cm³/mol. The van der Waals surface area contributed by atoms with Crippen LogP contribution in [0.1, 0.15) is 25.0 Å². The second-order valence-corrected chi connectivity index (χ2v) is 4.78. The van der Waals surface area contributed by atoms with Crippen molar-refractivity contribution in [2.24, 2.45) is 16.8 Å². The number of hydrogen-bond donors (Lipinski definition) is 2. The van der Waals surface area contributed by atoms with Gasteiger partial charge in [-0.25, -0.2) is 0 Å². The summed E-state index contributed by atoms with van der Waals surface area (Å²) >= 11 is 0. The summed E-state index contributed by atoms with van der Waals surface area (Å²) in [5.74, 6) is 1.08. The average Bonchev–Trinajstić information content (AvgIpc) is 2.97. The number of likely N-dealkylation sites (tertiary alicyclic amines) is 1. The summed E-state index contributed by atoms with van der Waals surface area (Å²) in [6.45, 7) is 1.28. The van der Waals surface area contributed by atoms with Gasteiger partial charge in [-0.05, 0) is 25.0 Å². The first kappa shape index (κ1) is 13.5. The van der Waals surface area contributed by atoms with Crippen LogP contribution in [0.15, 0.2) is 28.0 Å². The zero-order valence-electron chi connectivity index (χ0n) is 10.8. The largest absolute Gasteiger partial charge is 0.469 e. The summed E-state index contributed by atoms with van der Waals surface area (Å²) < 4.78 is 5.21. The van der Waals surface area contributed by atoms with E-state index in [1.54, 1.807) is 11.2 Å². The third-order valence-corrected chi connectivity index (χ3v) is 3.47. The Balaban J connectivity index is 1.85. The van der Waals surface area contributed by atoms with Gasteiger partial charge in [0.15, 0.2) is 0 Å². The van der Waals surface area contributed by atoms with Crippen molar-refractivity contribution in [3.05, 3.63) is 24.2 Å². The molecule has 1 aromatic rings. The summed E-state index contributed by atoms with van der Waals surface area (Å²) in [7, 11) is 0. The molecule has 1 fully saturated rings. The second-order valence-electron chi connectivity index (χ2n) is 4.78. The van der Waals surface area contributed by atoms with E-state index in [0.717, 1.165) is 25.1 Å². The van der Waals surface area contributed by atoms with E-state index >= 15 is 0 Å². The van der Waals surface area contributed by atoms with Crippen molar-refractivity contribution in [3.8, 4) is 0 Å². The number of rotatable bonds is 4. The van der Waals surface area contributed by atoms with E-state index in [2.05, 4.69) is 5.16 Å². The number of furan rings is 1. The highest BCUT2D eigenvalue weighted by molar-refractivity contribution is 5.84. The summed E-state index contributed by atoms with van der Waals surface area (Å²) in [6, 6.07) is 3.68. The number of piperidine rings is 1. The van der Waals surface area contributed by atoms with Gasteiger partial charge in [0, 0.05) is 31.8 Å². The van der Waals surface area contributed by atoms with Crippen LogP contribution in [-0.2, 0) is 11.2 Å². The lowest BCUT2D eigenvalue weighted by Gasteiger charge is -2.32. The molecule has 1 amide bonds. The third kappa shape index (κ3) is 3.49. The van der Waals surface area contributed by atoms with Crippen LogP contribution in [0.25, 0.3) is 0 Å². The molecule has 0 aromatic carbocycles. The maximum atomic E-state index is 12.1. The molecule has 1 unspecified atom stereocenters. The van der Waals surface area contributed by atoms with Gasteiger partial charge in [-0.1, -0.05) is 5.16 Å². The molecule has 6 nitrogen and oxygen atoms in total. The molecule has 0 saturated carbocycles. The maximum absolute atomic E-state index is 12.1. The van der Waals surface area contributed by atoms with Gasteiger partial charge in [0.05, 0.1) is 6.26 Å². The summed E-state index contributed by atoms with van der Waals surface area (Å²) in [5, 5.41) is 11.7. The van der Waals surface area contributed by atoms with Crippen molar-refractivity contribution < 1.29 is 14.4 Å². The Kier molecular flexibility index (Phi) is 4.43. The fourth-order valence-corrected chi connectivity index (χ4v) is 2.37. The normalized spacial score (nSPS) is 20.5. The number of hydrogen-bond acceptors (Lipinski definition) is 4. The fourth-order valence-electron chi connectivity index (χ4n) is 2.37. The highest BCUT2D eigenvalue weighted by Gasteiger charge is 2.26. The molecule has 0 aliphatic carbocycles. The summed E-state index contributed by atoms with van der Waals surface area (Å²) in [6.07, 6.45) is 4.38. The van der Waals surface area contributed by atoms with Crippen LogP contribution in [0, 0.1) is 5.92 Å². The number of nitrogens with zero attached hydrogens (tertiary/aromatic N) is 2. The van der Waals surface area contributed by atoms with Crippen LogP contribution in [0.5, 0.6) is 0 Å². The molecule has 104 valence electrons. The molecule has 3 N–H and O–H groups in total. The van der Waals surface area contributed by atoms with Crippen LogP contribution in [0.4, 0.5) is 0 Å². The zero-order chi connectivity index (χ0) is 13.7. The lowest BCUT2D eigenvalue weighted by atomic mass is 9.96. The molecule has 1 aliphatic rings. The SMILES string of the molecule is NC(=NO)C1CCCN(C(=O)CCc2ccco2)C1. The van der Waals surface area contributed by atoms with E-state index in [-0.39, 0.29) is 17.7 Å². The van der Waals surface area contributed by atoms with Crippen molar-refractivity contribution in [2.45, 2.75) is 25.7 Å². The van der Waals surface area contributed by atoms with E-state index in [4.69, 9.17) is 15.4 Å². The topological polar surface area (TPSA) is 92.1 Å². The van der Waals surface area contributed by atoms with Crippen LogP contribution < -0.4 is 5.73 Å². The lowest BCUT2D eigenvalue weighted by Crippen LogP contribution is -2.44. The number of amidine groups is 1. The van der Waals surface area contributed by atoms with Gasteiger partial charge in [0.25, 0.3) is 0 Å². The van der Waals surface area contributed by atoms with Crippen molar-refractivity contribution in [1.29, 1.82) is 0 Å². The van der Waals surface area contributed by atoms with Gasteiger partial charge < -0.3 is 20.3 Å². The molecular weight excluding hydrogens is 246 g/mol. The molecule has 0 bridgehead atoms. The van der Waals surface area contributed by atoms with Crippen LogP contribution in [-0.4, -0.2) is 34.9 Å². The minimum Gasteiger partial charge on any atom is -0.469 e. The molecule has 1 aliphatic heterocycles. The van der Waals surface area contributed by atoms with Gasteiger partial charge in [-0.2, -0.15) is 0 Å². The molecule has 6 heteroatoms. The quantitative estimate of drug-likeness (QED) is 0.370. The first-order valence-corrected chi connectivity index (χ1v) is 6.48. The van der Waals surface area contributed by atoms with E-state index in [1.165, 1.54) is 0 Å². The van der Waals surface area contributed by atoms with Crippen molar-refractivity contribution in [1.82, 2.24) is 4.90 Å². The van der Waals surface area contributed by atoms with Crippen molar-refractivity contribution in [3.63, 3.8) is 0 Å². The number of nitrogens with two attached hydrogens (primary N) is 1. The fraction of sp³-hybridized carbons (Fsp3) is 0.538. The average molecular weight is 265 g/mol. The van der Waals surface area contributed by atoms with E-state index < -0.39 is 0 Å². The van der Waals surface area contributed by atoms with E-state index in [9.17, 15) is 4.79 Å². The first-order chi connectivity index (χ1) is 9.20. The summed E-state index contributed by atoms with van der Waals surface area (Å²) in [5.41, 5.74) is 5.61. The molecule has 19 heavy (non-hydrogen) atoms. The van der Waals surface area contributed by atoms with Crippen LogP contribution in [0.3, 0.4) is 0 Å². The Morgan fingerprint density at radius 2 is 2.47 bits per heavy atom. The maximum Gasteiger partial charge on any atom is 0.223 e. The summed E-state index contributed by atoms with van der Waals surface area (Å²) in [4.78, 5) is 13.9. The van der Waals surface area contributed by atoms with Gasteiger partial charge >= 0.3 is 0 Å². The highest BCUT2D eigenvalue weighted by atomic mass is 16.4. The Morgan fingerprint density at radius 3 is 3.16 bits per heavy atom. The van der Waals surface area contributed by atoms with Gasteiger partial charge in [0.1, 0.15) is 11.6 Å². The smallest absolute Gasteiger partial charge is 0.223 e. The van der Waals surface area contributed by atoms with E-state index in [1.807, 2.05) is 12.1 Å². The molecule has 1 saturated heterocycles. The molecule has 1 aromatic heterocycles. The predicted octanol–water partition coefficient (Wildman–Crippen LogP) is 1.20. The number of carbonyl (C=O) groups is 1. The Labute approximate surface area is 111 Å². The third-order valence-electron chi connectivity index (χ3n) is 3.47. The molecule has 2 heterocycles. The van der Waals surface area contributed by atoms with Crippen LogP contribution >= 0.6 is 0 Å². The molecular formula is C13H19N3O3. The lowest BCUT2D eigenvalue weighted by molar-refractivity contribution is -0.132. The number of amides is 1. The second kappa shape index (κ2) is 6.26. The molecule has 1 atom stereocenters. The minimum atomic E-state index is -0.0358. The number of aryl methyl sites for hydroxylation is 1. The standard InChI is InChI=1S/C13H19N3O3/c14-13(15-18)10-3-1-7-16(9-10)12(17)6-5-11-4-2-8-19-11/h2,4,8,10,18H,1,3,5-7,9H2,(H2,14,15). The van der Waals surface area contributed by atoms with Crippen molar-refractivity contribution in [2.75, 3.05) is 13.1 Å². The Hall–Kier alpha value is -1.98. The first-order valence-electron chi connectivity index (χ1n) is 6.48. The monoisotopic (exact) mass is 265 g/mol. The van der Waals surface area contributed by atoms with Crippen LogP contribution in [0.2, 0.25) is 0 Å². The molecule has 2 rings (SSSR count).